The molecule has 28 heavy (non-hydrogen) atoms. The second-order valence-electron chi connectivity index (χ2n) is 6.19. The van der Waals surface area contributed by atoms with Crippen LogP contribution in [-0.2, 0) is 14.4 Å². The van der Waals surface area contributed by atoms with Crippen molar-refractivity contribution in [2.75, 3.05) is 20.8 Å². The molecule has 1 amide bonds. The van der Waals surface area contributed by atoms with Crippen molar-refractivity contribution in [3.63, 3.8) is 0 Å². The van der Waals surface area contributed by atoms with Gasteiger partial charge in [0.05, 0.1) is 12.2 Å². The van der Waals surface area contributed by atoms with Gasteiger partial charge >= 0.3 is 0 Å². The molecule has 1 N–H and O–H groups in total. The molecular formula is C21H24N2O5. The van der Waals surface area contributed by atoms with E-state index in [9.17, 15) is 4.79 Å². The lowest BCUT2D eigenvalue weighted by molar-refractivity contribution is -0.114. The van der Waals surface area contributed by atoms with Gasteiger partial charge in [0, 0.05) is 19.5 Å². The van der Waals surface area contributed by atoms with Gasteiger partial charge in [-0.05, 0) is 37.1 Å². The third kappa shape index (κ3) is 5.01. The van der Waals surface area contributed by atoms with Gasteiger partial charge in [-0.2, -0.15) is 0 Å². The van der Waals surface area contributed by atoms with Crippen LogP contribution in [0.15, 0.2) is 53.7 Å². The summed E-state index contributed by atoms with van der Waals surface area (Å²) in [6.45, 7) is 0.718. The summed E-state index contributed by atoms with van der Waals surface area (Å²) >= 11 is 0. The molecule has 7 nitrogen and oxygen atoms in total. The van der Waals surface area contributed by atoms with Crippen LogP contribution in [0, 0.1) is 0 Å². The molecule has 7 heteroatoms. The summed E-state index contributed by atoms with van der Waals surface area (Å²) in [5.74, 6) is 1.35. The normalized spacial score (nSPS) is 16.9. The van der Waals surface area contributed by atoms with Crippen LogP contribution in [0.4, 0.5) is 0 Å². The van der Waals surface area contributed by atoms with Gasteiger partial charge in [0.1, 0.15) is 24.4 Å². The number of hydrogen-bond acceptors (Lipinski definition) is 6. The van der Waals surface area contributed by atoms with Crippen LogP contribution in [0.25, 0.3) is 0 Å². The highest BCUT2D eigenvalue weighted by molar-refractivity contribution is 6.45. The Morgan fingerprint density at radius 3 is 2.71 bits per heavy atom. The van der Waals surface area contributed by atoms with Crippen molar-refractivity contribution in [3.05, 3.63) is 54.1 Å². The molecule has 1 atom stereocenters. The van der Waals surface area contributed by atoms with Crippen molar-refractivity contribution in [1.29, 1.82) is 0 Å². The predicted octanol–water partition coefficient (Wildman–Crippen LogP) is 3.48. The molecule has 1 heterocycles. The number of benzene rings is 2. The van der Waals surface area contributed by atoms with Gasteiger partial charge in [0.25, 0.3) is 5.91 Å². The number of oxime groups is 1. The van der Waals surface area contributed by atoms with E-state index in [1.807, 2.05) is 24.3 Å². The average Bonchev–Trinajstić information content (AvgIpc) is 2.73. The first kappa shape index (κ1) is 19.7. The number of rotatable bonds is 7. The molecule has 1 unspecified atom stereocenters. The molecular weight excluding hydrogens is 360 g/mol. The molecule has 1 aliphatic rings. The first-order valence-electron chi connectivity index (χ1n) is 9.20. The topological polar surface area (TPSA) is 78.4 Å². The number of carbonyl (C=O) groups excluding carboxylic acids is 1. The fraction of sp³-hybridized carbons (Fsp3) is 0.333. The molecule has 1 saturated heterocycles. The number of nitrogens with one attached hydrogen (secondary N) is 1. The molecule has 148 valence electrons. The number of amides is 1. The number of para-hydroxylation sites is 1. The Hall–Kier alpha value is -3.06. The smallest absolute Gasteiger partial charge is 0.273 e. The lowest BCUT2D eigenvalue weighted by atomic mass is 10.1. The molecule has 0 bridgehead atoms. The van der Waals surface area contributed by atoms with E-state index in [1.165, 1.54) is 14.2 Å². The van der Waals surface area contributed by atoms with Crippen molar-refractivity contribution in [2.24, 2.45) is 5.16 Å². The summed E-state index contributed by atoms with van der Waals surface area (Å²) < 4.78 is 17.5. The summed E-state index contributed by atoms with van der Waals surface area (Å²) in [6.07, 6.45) is 2.80. The molecule has 3 rings (SSSR count). The quantitative estimate of drug-likeness (QED) is 0.584. The first-order valence-corrected chi connectivity index (χ1v) is 9.20. The Morgan fingerprint density at radius 2 is 1.96 bits per heavy atom. The van der Waals surface area contributed by atoms with E-state index in [0.29, 0.717) is 22.8 Å². The third-order valence-electron chi connectivity index (χ3n) is 4.21. The van der Waals surface area contributed by atoms with E-state index < -0.39 is 0 Å². The summed E-state index contributed by atoms with van der Waals surface area (Å²) in [4.78, 5) is 17.0. The molecule has 0 spiro atoms. The highest BCUT2D eigenvalue weighted by Gasteiger charge is 2.19. The largest absolute Gasteiger partial charge is 0.465 e. The zero-order valence-corrected chi connectivity index (χ0v) is 16.0. The zero-order chi connectivity index (χ0) is 19.8. The van der Waals surface area contributed by atoms with E-state index in [-0.39, 0.29) is 17.9 Å². The van der Waals surface area contributed by atoms with E-state index >= 15 is 0 Å². The lowest BCUT2D eigenvalue weighted by Gasteiger charge is -2.23. The summed E-state index contributed by atoms with van der Waals surface area (Å²) in [6, 6.07) is 14.5. The van der Waals surface area contributed by atoms with Gasteiger partial charge in [-0.1, -0.05) is 23.4 Å². The molecule has 2 aromatic rings. The van der Waals surface area contributed by atoms with E-state index in [1.54, 1.807) is 24.3 Å². The van der Waals surface area contributed by atoms with Gasteiger partial charge in [0.2, 0.25) is 0 Å². The average molecular weight is 384 g/mol. The SMILES string of the molecule is CNC(=O)C(=NOC)c1ccccc1Oc1cccc(OC2CCCCO2)c1. The molecule has 0 aliphatic carbocycles. The van der Waals surface area contributed by atoms with Crippen molar-refractivity contribution in [1.82, 2.24) is 5.32 Å². The molecule has 0 saturated carbocycles. The summed E-state index contributed by atoms with van der Waals surface area (Å²) in [7, 11) is 2.92. The van der Waals surface area contributed by atoms with Crippen LogP contribution in [-0.4, -0.2) is 38.7 Å². The monoisotopic (exact) mass is 384 g/mol. The van der Waals surface area contributed by atoms with Crippen LogP contribution in [0.5, 0.6) is 17.2 Å². The van der Waals surface area contributed by atoms with Crippen LogP contribution >= 0.6 is 0 Å². The second-order valence-corrected chi connectivity index (χ2v) is 6.19. The van der Waals surface area contributed by atoms with Crippen molar-refractivity contribution in [2.45, 2.75) is 25.6 Å². The van der Waals surface area contributed by atoms with Crippen LogP contribution in [0.3, 0.4) is 0 Å². The van der Waals surface area contributed by atoms with Crippen LogP contribution < -0.4 is 14.8 Å². The fourth-order valence-electron chi connectivity index (χ4n) is 2.87. The molecule has 2 aromatic carbocycles. The van der Waals surface area contributed by atoms with Crippen LogP contribution in [0.2, 0.25) is 0 Å². The van der Waals surface area contributed by atoms with Crippen LogP contribution in [0.1, 0.15) is 24.8 Å². The lowest BCUT2D eigenvalue weighted by Crippen LogP contribution is -2.28. The molecule has 1 fully saturated rings. The minimum absolute atomic E-state index is 0.128. The van der Waals surface area contributed by atoms with Crippen molar-refractivity contribution >= 4 is 11.6 Å². The Bertz CT molecular complexity index is 831. The third-order valence-corrected chi connectivity index (χ3v) is 4.21. The minimum atomic E-state index is -0.371. The molecule has 1 aliphatic heterocycles. The predicted molar refractivity (Wildman–Crippen MR) is 105 cm³/mol. The Morgan fingerprint density at radius 1 is 1.14 bits per heavy atom. The standard InChI is InChI=1S/C21H24N2O5/c1-22-21(24)20(23-25-2)17-10-3-4-11-18(17)27-15-8-7-9-16(14-15)28-19-12-5-6-13-26-19/h3-4,7-11,14,19H,5-6,12-13H2,1-2H3,(H,22,24). The molecule has 0 aromatic heterocycles. The number of likely N-dealkylation sites (N-methyl/N-ethyl adjacent to an activating group) is 1. The van der Waals surface area contributed by atoms with E-state index in [2.05, 4.69) is 10.5 Å². The van der Waals surface area contributed by atoms with Gasteiger partial charge in [-0.15, -0.1) is 0 Å². The van der Waals surface area contributed by atoms with Crippen molar-refractivity contribution < 1.29 is 23.8 Å². The van der Waals surface area contributed by atoms with Gasteiger partial charge in [0.15, 0.2) is 12.0 Å². The highest BCUT2D eigenvalue weighted by atomic mass is 16.7. The van der Waals surface area contributed by atoms with Gasteiger partial charge in [-0.3, -0.25) is 4.79 Å². The molecule has 0 radical (unpaired) electrons. The first-order chi connectivity index (χ1) is 13.7. The van der Waals surface area contributed by atoms with Gasteiger partial charge < -0.3 is 24.4 Å². The minimum Gasteiger partial charge on any atom is -0.465 e. The Kier molecular flexibility index (Phi) is 6.86. The second kappa shape index (κ2) is 9.75. The van der Waals surface area contributed by atoms with Crippen molar-refractivity contribution in [3.8, 4) is 17.2 Å². The Labute approximate surface area is 164 Å². The Balaban J connectivity index is 1.81. The number of nitrogens with zero attached hydrogens (tertiary/aromatic N) is 1. The maximum atomic E-state index is 12.2. The number of hydrogen-bond donors (Lipinski definition) is 1. The summed E-state index contributed by atoms with van der Waals surface area (Å²) in [5, 5.41) is 6.40. The number of carbonyl (C=O) groups is 1. The maximum absolute atomic E-state index is 12.2. The van der Waals surface area contributed by atoms with E-state index in [0.717, 1.165) is 25.9 Å². The fourth-order valence-corrected chi connectivity index (χ4v) is 2.87. The van der Waals surface area contributed by atoms with E-state index in [4.69, 9.17) is 19.0 Å². The highest BCUT2D eigenvalue weighted by Crippen LogP contribution is 2.29. The summed E-state index contributed by atoms with van der Waals surface area (Å²) in [5.41, 5.74) is 0.647. The zero-order valence-electron chi connectivity index (χ0n) is 16.0. The number of ether oxygens (including phenoxy) is 3. The maximum Gasteiger partial charge on any atom is 0.273 e. The van der Waals surface area contributed by atoms with Gasteiger partial charge in [-0.25, -0.2) is 0 Å².